The molecular formula is C20H14BrN5O3. The van der Waals surface area contributed by atoms with Gasteiger partial charge in [-0.25, -0.2) is 9.97 Å². The van der Waals surface area contributed by atoms with E-state index in [9.17, 15) is 0 Å². The molecule has 4 aromatic heterocycles. The van der Waals surface area contributed by atoms with Crippen molar-refractivity contribution in [2.24, 2.45) is 0 Å². The third-order valence-electron chi connectivity index (χ3n) is 3.52. The van der Waals surface area contributed by atoms with Crippen molar-refractivity contribution < 1.29 is 14.4 Å². The zero-order valence-electron chi connectivity index (χ0n) is 14.9. The maximum Gasteiger partial charge on any atom is 0.290 e. The van der Waals surface area contributed by atoms with Crippen molar-refractivity contribution in [2.75, 3.05) is 0 Å². The summed E-state index contributed by atoms with van der Waals surface area (Å²) in [6.45, 7) is -0.250. The lowest BCUT2D eigenvalue weighted by molar-refractivity contribution is -0.122. The Bertz CT molecular complexity index is 1100. The second-order valence-electron chi connectivity index (χ2n) is 5.43. The van der Waals surface area contributed by atoms with Crippen molar-refractivity contribution in [3.63, 3.8) is 0 Å². The molecule has 0 amide bonds. The predicted molar refractivity (Wildman–Crippen MR) is 110 cm³/mol. The lowest BCUT2D eigenvalue weighted by Crippen LogP contribution is -1.90. The van der Waals surface area contributed by atoms with Gasteiger partial charge in [0.2, 0.25) is 5.82 Å². The number of carboxylic acid groups (broad SMARTS) is 1. The van der Waals surface area contributed by atoms with E-state index >= 15 is 0 Å². The fraction of sp³-hybridized carbons (Fsp3) is 0. The highest BCUT2D eigenvalue weighted by Crippen LogP contribution is 2.19. The van der Waals surface area contributed by atoms with E-state index in [4.69, 9.17) is 14.4 Å². The molecule has 29 heavy (non-hydrogen) atoms. The second-order valence-corrected chi connectivity index (χ2v) is 6.24. The van der Waals surface area contributed by atoms with Gasteiger partial charge in [0, 0.05) is 18.5 Å². The number of pyridine rings is 3. The van der Waals surface area contributed by atoms with Crippen LogP contribution in [0, 0.1) is 0 Å². The molecule has 0 aliphatic rings. The van der Waals surface area contributed by atoms with Crippen LogP contribution in [0.4, 0.5) is 0 Å². The molecular weight excluding hydrogens is 438 g/mol. The van der Waals surface area contributed by atoms with Crippen LogP contribution in [0.25, 0.3) is 35.1 Å². The molecule has 4 heterocycles. The Kier molecular flexibility index (Phi) is 6.90. The normalized spacial score (nSPS) is 10.4. The summed E-state index contributed by atoms with van der Waals surface area (Å²) >= 11 is 3.31. The van der Waals surface area contributed by atoms with Crippen molar-refractivity contribution in [3.8, 4) is 22.9 Å². The fourth-order valence-electron chi connectivity index (χ4n) is 2.28. The summed E-state index contributed by atoms with van der Waals surface area (Å²) in [6.07, 6.45) is 7.08. The number of carbonyl (C=O) groups is 1. The lowest BCUT2D eigenvalue weighted by atomic mass is 10.2. The van der Waals surface area contributed by atoms with Crippen LogP contribution < -0.4 is 0 Å². The predicted octanol–water partition coefficient (Wildman–Crippen LogP) is 4.22. The van der Waals surface area contributed by atoms with E-state index in [2.05, 4.69) is 41.0 Å². The van der Waals surface area contributed by atoms with Crippen LogP contribution in [0.3, 0.4) is 0 Å². The average molecular weight is 452 g/mol. The maximum absolute atomic E-state index is 8.36. The molecule has 8 nitrogen and oxygen atoms in total. The maximum atomic E-state index is 8.36. The van der Waals surface area contributed by atoms with E-state index in [0.29, 0.717) is 17.4 Å². The summed E-state index contributed by atoms with van der Waals surface area (Å²) in [6, 6.07) is 15.1. The molecule has 0 saturated heterocycles. The van der Waals surface area contributed by atoms with Gasteiger partial charge in [-0.2, -0.15) is 4.98 Å². The molecule has 144 valence electrons. The van der Waals surface area contributed by atoms with Gasteiger partial charge in [-0.1, -0.05) is 23.4 Å². The van der Waals surface area contributed by atoms with Crippen molar-refractivity contribution >= 4 is 34.6 Å². The molecule has 0 aliphatic heterocycles. The first-order valence-corrected chi connectivity index (χ1v) is 9.09. The summed E-state index contributed by atoms with van der Waals surface area (Å²) in [4.78, 5) is 25.8. The van der Waals surface area contributed by atoms with Gasteiger partial charge in [-0.3, -0.25) is 9.78 Å². The van der Waals surface area contributed by atoms with Crippen molar-refractivity contribution in [2.45, 2.75) is 0 Å². The van der Waals surface area contributed by atoms with Gasteiger partial charge in [-0.15, -0.1) is 0 Å². The van der Waals surface area contributed by atoms with Crippen LogP contribution in [0.1, 0.15) is 11.5 Å². The number of nitrogens with zero attached hydrogens (tertiary/aromatic N) is 5. The molecule has 0 aromatic carbocycles. The zero-order valence-corrected chi connectivity index (χ0v) is 16.5. The van der Waals surface area contributed by atoms with E-state index in [0.717, 1.165) is 21.6 Å². The Hall–Kier alpha value is -3.72. The van der Waals surface area contributed by atoms with Crippen LogP contribution >= 0.6 is 15.9 Å². The van der Waals surface area contributed by atoms with Crippen molar-refractivity contribution in [1.82, 2.24) is 25.1 Å². The topological polar surface area (TPSA) is 115 Å². The van der Waals surface area contributed by atoms with E-state index in [-0.39, 0.29) is 6.47 Å². The Labute approximate surface area is 174 Å². The minimum atomic E-state index is -0.250. The molecule has 0 bridgehead atoms. The van der Waals surface area contributed by atoms with Crippen molar-refractivity contribution in [3.05, 3.63) is 77.0 Å². The van der Waals surface area contributed by atoms with Gasteiger partial charge in [0.15, 0.2) is 0 Å². The highest BCUT2D eigenvalue weighted by atomic mass is 79.9. The third kappa shape index (κ3) is 5.63. The minimum absolute atomic E-state index is 0.250. The van der Waals surface area contributed by atoms with E-state index in [1.807, 2.05) is 54.6 Å². The van der Waals surface area contributed by atoms with E-state index in [1.54, 1.807) is 18.5 Å². The third-order valence-corrected chi connectivity index (χ3v) is 3.98. The van der Waals surface area contributed by atoms with Crippen LogP contribution in [0.2, 0.25) is 0 Å². The Balaban J connectivity index is 0.000000755. The molecule has 0 aliphatic carbocycles. The second kappa shape index (κ2) is 10.00. The zero-order chi connectivity index (χ0) is 20.5. The molecule has 4 rings (SSSR count). The van der Waals surface area contributed by atoms with E-state index < -0.39 is 0 Å². The van der Waals surface area contributed by atoms with Gasteiger partial charge in [0.1, 0.15) is 10.3 Å². The summed E-state index contributed by atoms with van der Waals surface area (Å²) in [5.41, 5.74) is 3.11. The number of halogens is 1. The highest BCUT2D eigenvalue weighted by Gasteiger charge is 2.10. The van der Waals surface area contributed by atoms with Crippen LogP contribution in [-0.4, -0.2) is 36.7 Å². The van der Waals surface area contributed by atoms with Crippen LogP contribution in [0.15, 0.2) is 70.1 Å². The molecule has 0 fully saturated rings. The summed E-state index contributed by atoms with van der Waals surface area (Å²) in [7, 11) is 0. The Morgan fingerprint density at radius 1 is 0.897 bits per heavy atom. The largest absolute Gasteiger partial charge is 0.483 e. The molecule has 0 saturated carbocycles. The van der Waals surface area contributed by atoms with Gasteiger partial charge in [0.05, 0.1) is 11.4 Å². The van der Waals surface area contributed by atoms with Gasteiger partial charge in [-0.05, 0) is 57.9 Å². The monoisotopic (exact) mass is 451 g/mol. The van der Waals surface area contributed by atoms with Gasteiger partial charge >= 0.3 is 0 Å². The standard InChI is InChI=1S/C19H12BrN5O.CH2O2/c20-17-9-7-13(12-22-17)8-10-18-24-19(25-26-18)16-6-3-5-15(23-16)14-4-1-2-11-21-14;2-1-3/h1-12H;1H,(H,2,3)/b10-8+;. The number of aromatic nitrogens is 5. The lowest BCUT2D eigenvalue weighted by Gasteiger charge is -2.00. The van der Waals surface area contributed by atoms with Crippen LogP contribution in [-0.2, 0) is 4.79 Å². The number of hydrogen-bond donors (Lipinski definition) is 1. The molecule has 1 N–H and O–H groups in total. The first-order valence-electron chi connectivity index (χ1n) is 8.29. The quantitative estimate of drug-likeness (QED) is 0.362. The van der Waals surface area contributed by atoms with Gasteiger partial charge in [0.25, 0.3) is 12.4 Å². The molecule has 4 aromatic rings. The summed E-state index contributed by atoms with van der Waals surface area (Å²) in [5, 5.41) is 10.9. The average Bonchev–Trinajstić information content (AvgIpc) is 3.24. The first kappa shape index (κ1) is 20.0. The number of hydrogen-bond acceptors (Lipinski definition) is 7. The highest BCUT2D eigenvalue weighted by molar-refractivity contribution is 9.10. The SMILES string of the molecule is Brc1ccc(/C=C/c2nc(-c3cccc(-c4ccccn4)n3)no2)cn1.O=CO. The fourth-order valence-corrected chi connectivity index (χ4v) is 2.51. The Morgan fingerprint density at radius 3 is 2.41 bits per heavy atom. The summed E-state index contributed by atoms with van der Waals surface area (Å²) in [5.74, 6) is 0.823. The molecule has 0 unspecified atom stereocenters. The number of rotatable bonds is 4. The smallest absolute Gasteiger partial charge is 0.290 e. The first-order chi connectivity index (χ1) is 14.2. The van der Waals surface area contributed by atoms with Gasteiger partial charge < -0.3 is 9.63 Å². The van der Waals surface area contributed by atoms with Crippen molar-refractivity contribution in [1.29, 1.82) is 0 Å². The van der Waals surface area contributed by atoms with E-state index in [1.165, 1.54) is 0 Å². The van der Waals surface area contributed by atoms with Crippen LogP contribution in [0.5, 0.6) is 0 Å². The molecule has 0 radical (unpaired) electrons. The minimum Gasteiger partial charge on any atom is -0.483 e. The Morgan fingerprint density at radius 2 is 1.69 bits per heavy atom. The molecule has 0 atom stereocenters. The molecule has 9 heteroatoms. The molecule has 0 spiro atoms. The summed E-state index contributed by atoms with van der Waals surface area (Å²) < 4.78 is 6.06.